The molecule has 61 heavy (non-hydrogen) atoms. The Labute approximate surface area is 357 Å². The van der Waals surface area contributed by atoms with Gasteiger partial charge in [0, 0.05) is 39.4 Å². The van der Waals surface area contributed by atoms with E-state index in [4.69, 9.17) is 0 Å². The maximum atomic E-state index is 3.44. The van der Waals surface area contributed by atoms with Gasteiger partial charge in [-0.2, -0.15) is 0 Å². The van der Waals surface area contributed by atoms with E-state index in [1.54, 1.807) is 0 Å². The minimum Gasteiger partial charge on any atom is -0.313 e. The van der Waals surface area contributed by atoms with E-state index >= 15 is 0 Å². The molecule has 0 amide bonds. The van der Waals surface area contributed by atoms with E-state index in [-0.39, 0.29) is 0 Å². The Morgan fingerprint density at radius 1 is 0.475 bits per heavy atom. The highest BCUT2D eigenvalue weighted by Crippen LogP contribution is 2.66. The van der Waals surface area contributed by atoms with Crippen molar-refractivity contribution in [2.45, 2.75) is 18.3 Å². The van der Waals surface area contributed by atoms with Crippen molar-refractivity contribution in [1.29, 1.82) is 0 Å². The minimum atomic E-state index is -0.600. The molecule has 0 aromatic heterocycles. The first-order valence-corrected chi connectivity index (χ1v) is 21.2. The minimum absolute atomic E-state index is 0.600. The topological polar surface area (TPSA) is 6.48 Å². The van der Waals surface area contributed by atoms with Crippen LogP contribution in [0.25, 0.3) is 44.2 Å². The zero-order chi connectivity index (χ0) is 40.3. The van der Waals surface area contributed by atoms with Crippen molar-refractivity contribution in [3.05, 3.63) is 259 Å². The molecule has 3 aliphatic rings. The molecule has 0 saturated carbocycles. The quantitative estimate of drug-likeness (QED) is 0.159. The van der Waals surface area contributed by atoms with E-state index < -0.39 is 5.41 Å². The van der Waals surface area contributed by atoms with Crippen LogP contribution in [0.4, 0.5) is 28.4 Å². The highest BCUT2D eigenvalue weighted by atomic mass is 15.2. The number of nitrogens with zero attached hydrogens (tertiary/aromatic N) is 2. The Balaban J connectivity index is 1.20. The van der Waals surface area contributed by atoms with Crippen LogP contribution in [0.3, 0.4) is 0 Å². The van der Waals surface area contributed by atoms with Gasteiger partial charge < -0.3 is 9.80 Å². The van der Waals surface area contributed by atoms with Crippen LogP contribution in [0.15, 0.2) is 224 Å². The summed E-state index contributed by atoms with van der Waals surface area (Å²) in [5.41, 5.74) is 18.9. The molecule has 0 aliphatic heterocycles. The van der Waals surface area contributed by atoms with E-state index in [2.05, 4.69) is 234 Å². The van der Waals surface area contributed by atoms with Crippen LogP contribution in [0.2, 0.25) is 0 Å². The third kappa shape index (κ3) is 5.31. The summed E-state index contributed by atoms with van der Waals surface area (Å²) >= 11 is 0. The highest BCUT2D eigenvalue weighted by molar-refractivity contribution is 6.10. The van der Waals surface area contributed by atoms with Gasteiger partial charge in [-0.05, 0) is 129 Å². The molecular formula is C59H40N2. The van der Waals surface area contributed by atoms with Gasteiger partial charge in [0.2, 0.25) is 0 Å². The number of allylic oxidation sites excluding steroid dienone is 4. The fraction of sp³-hybridized carbons (Fsp3) is 0.0508. The average molecular weight is 777 g/mol. The Kier molecular flexibility index (Phi) is 8.15. The fourth-order valence-corrected chi connectivity index (χ4v) is 10.5. The second kappa shape index (κ2) is 14.2. The molecule has 0 fully saturated rings. The molecule has 0 heterocycles. The molecule has 0 bridgehead atoms. The first-order valence-electron chi connectivity index (χ1n) is 21.2. The fourth-order valence-electron chi connectivity index (χ4n) is 10.5. The summed E-state index contributed by atoms with van der Waals surface area (Å²) in [6, 6.07) is 80.2. The maximum Gasteiger partial charge on any atom is 0.0733 e. The first kappa shape index (κ1) is 35.1. The lowest BCUT2D eigenvalue weighted by molar-refractivity contribution is 0.801. The van der Waals surface area contributed by atoms with Gasteiger partial charge in [0.15, 0.2) is 0 Å². The molecule has 2 nitrogen and oxygen atoms in total. The van der Waals surface area contributed by atoms with Crippen molar-refractivity contribution in [3.63, 3.8) is 0 Å². The lowest BCUT2D eigenvalue weighted by atomic mass is 9.69. The molecule has 12 rings (SSSR count). The number of para-hydroxylation sites is 3. The first-order chi connectivity index (χ1) is 30.3. The van der Waals surface area contributed by atoms with Gasteiger partial charge in [-0.1, -0.05) is 164 Å². The van der Waals surface area contributed by atoms with Crippen molar-refractivity contribution < 1.29 is 0 Å². The van der Waals surface area contributed by atoms with Gasteiger partial charge in [0.05, 0.1) is 16.8 Å². The number of hydrogen-bond acceptors (Lipinski definition) is 2. The van der Waals surface area contributed by atoms with Gasteiger partial charge in [-0.15, -0.1) is 0 Å². The summed E-state index contributed by atoms with van der Waals surface area (Å²) in [6.07, 6.45) is 8.72. The van der Waals surface area contributed by atoms with Gasteiger partial charge in [-0.25, -0.2) is 0 Å². The van der Waals surface area contributed by atoms with E-state index in [9.17, 15) is 0 Å². The zero-order valence-electron chi connectivity index (χ0n) is 33.6. The van der Waals surface area contributed by atoms with Gasteiger partial charge in [0.1, 0.15) is 0 Å². The number of fused-ring (bicyclic) bond motifs is 12. The molecule has 0 saturated heterocycles. The molecule has 1 atom stereocenters. The largest absolute Gasteiger partial charge is 0.313 e. The summed E-state index contributed by atoms with van der Waals surface area (Å²) in [5, 5.41) is 2.49. The number of anilines is 5. The van der Waals surface area contributed by atoms with Crippen LogP contribution in [-0.4, -0.2) is 0 Å². The summed E-state index contributed by atoms with van der Waals surface area (Å²) in [7, 11) is 0. The Morgan fingerprint density at radius 2 is 1.13 bits per heavy atom. The maximum absolute atomic E-state index is 3.44. The van der Waals surface area contributed by atoms with Crippen LogP contribution in [0.1, 0.15) is 35.1 Å². The van der Waals surface area contributed by atoms with Crippen LogP contribution in [-0.2, 0) is 5.41 Å². The van der Waals surface area contributed by atoms with Crippen LogP contribution < -0.4 is 9.80 Å². The third-order valence-electron chi connectivity index (χ3n) is 12.9. The molecular weight excluding hydrogens is 737 g/mol. The zero-order valence-corrected chi connectivity index (χ0v) is 33.6. The Morgan fingerprint density at radius 3 is 1.87 bits per heavy atom. The molecule has 286 valence electrons. The predicted octanol–water partition coefficient (Wildman–Crippen LogP) is 15.3. The molecule has 0 radical (unpaired) electrons. The second-order valence-corrected chi connectivity index (χ2v) is 16.1. The van der Waals surface area contributed by atoms with E-state index in [1.807, 2.05) is 6.07 Å². The highest BCUT2D eigenvalue weighted by Gasteiger charge is 2.53. The van der Waals surface area contributed by atoms with Gasteiger partial charge in [0.25, 0.3) is 0 Å². The normalized spacial score (nSPS) is 15.4. The summed E-state index contributed by atoms with van der Waals surface area (Å²) in [5.74, 6) is 0. The Hall–Kier alpha value is -7.86. The SMILES string of the molecule is c1cccc(-c2ccccc2N(C2=CC=CCC2)c2cc3ccccc3c3c2-c2ccccc2C32c3ccccc3-c3ccc(N(c4ccccc4)c4ccccc4)cc32)c#1. The van der Waals surface area contributed by atoms with Gasteiger partial charge in [-0.3, -0.25) is 0 Å². The molecule has 0 N–H and O–H groups in total. The van der Waals surface area contributed by atoms with Crippen molar-refractivity contribution in [2.24, 2.45) is 0 Å². The van der Waals surface area contributed by atoms with Crippen LogP contribution in [0.5, 0.6) is 0 Å². The number of benzene rings is 8. The molecule has 2 heteroatoms. The molecule has 9 aromatic carbocycles. The lowest BCUT2D eigenvalue weighted by Crippen LogP contribution is -2.27. The Bertz CT molecular complexity index is 3160. The monoisotopic (exact) mass is 776 g/mol. The molecule has 3 aliphatic carbocycles. The van der Waals surface area contributed by atoms with Crippen molar-refractivity contribution in [2.75, 3.05) is 9.80 Å². The van der Waals surface area contributed by atoms with Gasteiger partial charge >= 0.3 is 0 Å². The number of hydrogen-bond donors (Lipinski definition) is 0. The van der Waals surface area contributed by atoms with Crippen molar-refractivity contribution >= 4 is 39.2 Å². The van der Waals surface area contributed by atoms with Crippen molar-refractivity contribution in [3.8, 4) is 33.4 Å². The second-order valence-electron chi connectivity index (χ2n) is 16.1. The molecule has 1 spiro atoms. The average Bonchev–Trinajstić information content (AvgIpc) is 3.81. The van der Waals surface area contributed by atoms with E-state index in [0.29, 0.717) is 0 Å². The molecule has 1 unspecified atom stereocenters. The summed E-state index contributed by atoms with van der Waals surface area (Å²) in [6.45, 7) is 0. The van der Waals surface area contributed by atoms with Crippen LogP contribution in [0, 0.1) is 12.1 Å². The standard InChI is InChI=1S/C59H40N2/c1-5-21-41(22-6-1)47-30-17-20-36-55(47)61(45-28-11-4-12-29-45)56-39-42-23-13-14-31-48(42)58-57(56)51-33-16-19-35-53(51)59(58)52-34-18-15-32-49(52)50-38-37-46(40-54(50)59)60(43-24-7-2-8-25-43)44-26-9-3-10-27-44/h1-5,7-11,13-21,23-28,30-40H,12,29H2. The third-order valence-corrected chi connectivity index (χ3v) is 12.9. The molecule has 9 aromatic rings. The van der Waals surface area contributed by atoms with Crippen molar-refractivity contribution in [1.82, 2.24) is 0 Å². The number of rotatable bonds is 7. The summed E-state index contributed by atoms with van der Waals surface area (Å²) in [4.78, 5) is 4.96. The van der Waals surface area contributed by atoms with E-state index in [0.717, 1.165) is 46.7 Å². The smallest absolute Gasteiger partial charge is 0.0733 e. The van der Waals surface area contributed by atoms with Crippen LogP contribution >= 0.6 is 0 Å². The lowest BCUT2D eigenvalue weighted by Gasteiger charge is -2.35. The summed E-state index contributed by atoms with van der Waals surface area (Å²) < 4.78 is 0. The van der Waals surface area contributed by atoms with E-state index in [1.165, 1.54) is 66.7 Å². The predicted molar refractivity (Wildman–Crippen MR) is 253 cm³/mol.